The van der Waals surface area contributed by atoms with E-state index in [9.17, 15) is 8.78 Å². The topological polar surface area (TPSA) is 19.0 Å². The van der Waals surface area contributed by atoms with E-state index in [0.29, 0.717) is 0 Å². The monoisotopic (exact) mass is 492 g/mol. The van der Waals surface area contributed by atoms with E-state index in [2.05, 4.69) is 34.1 Å². The van der Waals surface area contributed by atoms with Crippen LogP contribution in [0.15, 0.2) is 78.9 Å². The van der Waals surface area contributed by atoms with E-state index < -0.39 is 0 Å². The first-order valence-electron chi connectivity index (χ1n) is 10.8. The zero-order valence-corrected chi connectivity index (χ0v) is 19.8. The van der Waals surface area contributed by atoms with Crippen LogP contribution in [0, 0.1) is 11.6 Å². The minimum atomic E-state index is -0.246. The fourth-order valence-electron chi connectivity index (χ4n) is 4.58. The Morgan fingerprint density at radius 3 is 1.76 bits per heavy atom. The molecule has 0 spiro atoms. The average Bonchev–Trinajstić information content (AvgIpc) is 3.57. The van der Waals surface area contributed by atoms with Crippen molar-refractivity contribution in [3.63, 3.8) is 0 Å². The third-order valence-electron chi connectivity index (χ3n) is 6.29. The number of benzene rings is 3. The van der Waals surface area contributed by atoms with E-state index in [1.165, 1.54) is 29.8 Å². The van der Waals surface area contributed by atoms with Crippen molar-refractivity contribution in [3.8, 4) is 0 Å². The van der Waals surface area contributed by atoms with Crippen molar-refractivity contribution < 1.29 is 13.5 Å². The summed E-state index contributed by atoms with van der Waals surface area (Å²) >= 11 is 0. The fourth-order valence-corrected chi connectivity index (χ4v) is 4.58. The third-order valence-corrected chi connectivity index (χ3v) is 6.29. The van der Waals surface area contributed by atoms with Crippen molar-refractivity contribution in [1.82, 2.24) is 9.80 Å². The van der Waals surface area contributed by atoms with Gasteiger partial charge in [-0.05, 0) is 41.0 Å². The van der Waals surface area contributed by atoms with Crippen molar-refractivity contribution in [3.05, 3.63) is 107 Å². The molecule has 0 radical (unpaired) electrons. The van der Waals surface area contributed by atoms with Gasteiger partial charge in [0, 0.05) is 32.7 Å². The Bertz CT molecular complexity index is 952. The van der Waals surface area contributed by atoms with Gasteiger partial charge in [-0.1, -0.05) is 54.6 Å². The molecule has 3 nitrogen and oxygen atoms in total. The summed E-state index contributed by atoms with van der Waals surface area (Å²) in [6, 6.07) is 23.7. The SMILES string of the molecule is Cl.Cl.Fc1ccc(C(c2ccc(F)cc2)N2CCN(CC3OC3c3ccccc3)CC2)cc1. The molecule has 2 unspecified atom stereocenters. The lowest BCUT2D eigenvalue weighted by Gasteiger charge is -2.39. The molecule has 0 N–H and O–H groups in total. The summed E-state index contributed by atoms with van der Waals surface area (Å²) < 4.78 is 32.9. The molecule has 2 heterocycles. The van der Waals surface area contributed by atoms with Crippen LogP contribution in [-0.2, 0) is 4.74 Å². The highest BCUT2D eigenvalue weighted by atomic mass is 35.5. The number of nitrogens with zero attached hydrogens (tertiary/aromatic N) is 2. The van der Waals surface area contributed by atoms with E-state index in [-0.39, 0.29) is 54.7 Å². The van der Waals surface area contributed by atoms with Gasteiger partial charge in [-0.25, -0.2) is 8.78 Å². The summed E-state index contributed by atoms with van der Waals surface area (Å²) in [5.41, 5.74) is 3.30. The molecule has 0 saturated carbocycles. The van der Waals surface area contributed by atoms with Crippen molar-refractivity contribution in [2.75, 3.05) is 32.7 Å². The van der Waals surface area contributed by atoms with Crippen LogP contribution in [0.5, 0.6) is 0 Å². The van der Waals surface area contributed by atoms with Gasteiger partial charge in [0.25, 0.3) is 0 Å². The molecule has 0 bridgehead atoms. The van der Waals surface area contributed by atoms with Gasteiger partial charge in [0.1, 0.15) is 23.8 Å². The number of halogens is 4. The van der Waals surface area contributed by atoms with E-state index in [4.69, 9.17) is 4.74 Å². The summed E-state index contributed by atoms with van der Waals surface area (Å²) in [4.78, 5) is 4.86. The van der Waals surface area contributed by atoms with Crippen LogP contribution in [0.3, 0.4) is 0 Å². The maximum atomic E-state index is 13.5. The lowest BCUT2D eigenvalue weighted by Crippen LogP contribution is -2.48. The maximum absolute atomic E-state index is 13.5. The molecular weight excluding hydrogens is 465 g/mol. The largest absolute Gasteiger partial charge is 0.363 e. The highest BCUT2D eigenvalue weighted by Gasteiger charge is 2.41. The Kier molecular flexibility index (Phi) is 8.85. The quantitative estimate of drug-likeness (QED) is 0.414. The summed E-state index contributed by atoms with van der Waals surface area (Å²) in [6.45, 7) is 4.61. The van der Waals surface area contributed by atoms with Crippen LogP contribution < -0.4 is 0 Å². The first-order chi connectivity index (χ1) is 15.2. The Hall–Kier alpha value is -2.02. The van der Waals surface area contributed by atoms with Gasteiger partial charge in [-0.3, -0.25) is 9.80 Å². The Morgan fingerprint density at radius 1 is 0.727 bits per heavy atom. The molecule has 176 valence electrons. The molecule has 3 aromatic carbocycles. The minimum Gasteiger partial charge on any atom is -0.363 e. The minimum absolute atomic E-state index is 0. The molecule has 2 fully saturated rings. The van der Waals surface area contributed by atoms with Crippen molar-refractivity contribution in [2.45, 2.75) is 18.2 Å². The second kappa shape index (κ2) is 11.4. The number of piperazine rings is 1. The molecule has 2 saturated heterocycles. The molecule has 2 atom stereocenters. The van der Waals surface area contributed by atoms with Gasteiger partial charge >= 0.3 is 0 Å². The molecule has 0 aromatic heterocycles. The fraction of sp³-hybridized carbons (Fsp3) is 0.308. The van der Waals surface area contributed by atoms with E-state index in [1.807, 2.05) is 30.3 Å². The van der Waals surface area contributed by atoms with Gasteiger partial charge in [0.2, 0.25) is 0 Å². The zero-order chi connectivity index (χ0) is 21.2. The number of ether oxygens (including phenoxy) is 1. The Morgan fingerprint density at radius 2 is 1.24 bits per heavy atom. The summed E-state index contributed by atoms with van der Waals surface area (Å²) in [5, 5.41) is 0. The molecule has 5 rings (SSSR count). The second-order valence-electron chi connectivity index (χ2n) is 8.35. The summed E-state index contributed by atoms with van der Waals surface area (Å²) in [6.07, 6.45) is 0.476. The average molecular weight is 493 g/mol. The van der Waals surface area contributed by atoms with Crippen molar-refractivity contribution in [2.24, 2.45) is 0 Å². The lowest BCUT2D eigenvalue weighted by atomic mass is 9.96. The highest BCUT2D eigenvalue weighted by molar-refractivity contribution is 5.85. The number of hydrogen-bond donors (Lipinski definition) is 0. The molecular formula is C26H28Cl2F2N2O. The molecule has 33 heavy (non-hydrogen) atoms. The predicted molar refractivity (Wildman–Crippen MR) is 131 cm³/mol. The van der Waals surface area contributed by atoms with Gasteiger partial charge in [-0.15, -0.1) is 24.8 Å². The van der Waals surface area contributed by atoms with Crippen LogP contribution in [0.1, 0.15) is 28.8 Å². The van der Waals surface area contributed by atoms with Gasteiger partial charge in [0.05, 0.1) is 6.04 Å². The van der Waals surface area contributed by atoms with Crippen LogP contribution in [-0.4, -0.2) is 48.6 Å². The molecule has 7 heteroatoms. The molecule has 2 aliphatic rings. The van der Waals surface area contributed by atoms with Crippen LogP contribution in [0.4, 0.5) is 8.78 Å². The first-order valence-corrected chi connectivity index (χ1v) is 10.8. The van der Waals surface area contributed by atoms with Gasteiger partial charge in [0.15, 0.2) is 0 Å². The molecule has 0 aliphatic carbocycles. The van der Waals surface area contributed by atoms with Crippen LogP contribution >= 0.6 is 24.8 Å². The highest BCUT2D eigenvalue weighted by Crippen LogP contribution is 2.39. The second-order valence-corrected chi connectivity index (χ2v) is 8.35. The van der Waals surface area contributed by atoms with Crippen molar-refractivity contribution in [1.29, 1.82) is 0 Å². The zero-order valence-electron chi connectivity index (χ0n) is 18.1. The smallest absolute Gasteiger partial charge is 0.123 e. The number of rotatable bonds is 6. The molecule has 3 aromatic rings. The predicted octanol–water partition coefficient (Wildman–Crippen LogP) is 5.66. The number of hydrogen-bond acceptors (Lipinski definition) is 3. The number of epoxide rings is 1. The van der Waals surface area contributed by atoms with Crippen molar-refractivity contribution >= 4 is 24.8 Å². The van der Waals surface area contributed by atoms with Crippen LogP contribution in [0.25, 0.3) is 0 Å². The summed E-state index contributed by atoms with van der Waals surface area (Å²) in [5.74, 6) is -0.493. The standard InChI is InChI=1S/C26H26F2N2O.2ClH/c27-22-10-6-19(7-11-22)25(20-8-12-23(28)13-9-20)30-16-14-29(15-17-30)18-24-26(31-24)21-4-2-1-3-5-21;;/h1-13,24-26H,14-18H2;2*1H. The van der Waals surface area contributed by atoms with E-state index >= 15 is 0 Å². The third kappa shape index (κ3) is 6.11. The maximum Gasteiger partial charge on any atom is 0.123 e. The van der Waals surface area contributed by atoms with E-state index in [0.717, 1.165) is 43.9 Å². The van der Waals surface area contributed by atoms with Crippen LogP contribution in [0.2, 0.25) is 0 Å². The molecule has 0 amide bonds. The summed E-state index contributed by atoms with van der Waals surface area (Å²) in [7, 11) is 0. The van der Waals surface area contributed by atoms with E-state index in [1.54, 1.807) is 0 Å². The Balaban J connectivity index is 0.00000153. The first kappa shape index (κ1) is 25.6. The lowest BCUT2D eigenvalue weighted by molar-refractivity contribution is 0.104. The van der Waals surface area contributed by atoms with Gasteiger partial charge < -0.3 is 4.74 Å². The van der Waals surface area contributed by atoms with Gasteiger partial charge in [-0.2, -0.15) is 0 Å². The Labute approximate surface area is 206 Å². The molecule has 2 aliphatic heterocycles. The normalized spacial score (nSPS) is 20.7.